The molecule has 0 heterocycles. The minimum Gasteiger partial charge on any atom is -0.411 e. The average molecular weight is 385 g/mol. The van der Waals surface area contributed by atoms with Gasteiger partial charge in [-0.25, -0.2) is 0 Å². The van der Waals surface area contributed by atoms with E-state index >= 15 is 0 Å². The van der Waals surface area contributed by atoms with E-state index < -0.39 is 0 Å². The van der Waals surface area contributed by atoms with E-state index in [9.17, 15) is 5.21 Å². The molecular weight excluding hydrogens is 373 g/mol. The van der Waals surface area contributed by atoms with Gasteiger partial charge in [0.25, 0.3) is 0 Å². The Hall–Kier alpha value is -1.03. The SMILES string of the molecule is ON=C(c1ccc(Br)cc1)[C@@H]1C[C@H]1c1ccc(Cl)cc1Cl. The lowest BCUT2D eigenvalue weighted by Gasteiger charge is -2.06. The van der Waals surface area contributed by atoms with Crippen molar-refractivity contribution in [2.75, 3.05) is 0 Å². The van der Waals surface area contributed by atoms with Crippen molar-refractivity contribution in [3.63, 3.8) is 0 Å². The van der Waals surface area contributed by atoms with Gasteiger partial charge in [-0.15, -0.1) is 0 Å². The summed E-state index contributed by atoms with van der Waals surface area (Å²) < 4.78 is 0.997. The summed E-state index contributed by atoms with van der Waals surface area (Å²) in [4.78, 5) is 0. The zero-order valence-corrected chi connectivity index (χ0v) is 14.0. The Morgan fingerprint density at radius 1 is 1.14 bits per heavy atom. The van der Waals surface area contributed by atoms with Crippen molar-refractivity contribution in [1.29, 1.82) is 0 Å². The largest absolute Gasteiger partial charge is 0.411 e. The van der Waals surface area contributed by atoms with E-state index in [-0.39, 0.29) is 11.8 Å². The lowest BCUT2D eigenvalue weighted by Crippen LogP contribution is -2.05. The van der Waals surface area contributed by atoms with Crippen LogP contribution in [0.25, 0.3) is 0 Å². The summed E-state index contributed by atoms with van der Waals surface area (Å²) in [7, 11) is 0. The summed E-state index contributed by atoms with van der Waals surface area (Å²) in [6, 6.07) is 13.3. The molecule has 1 saturated carbocycles. The molecule has 0 saturated heterocycles. The predicted octanol–water partition coefficient (Wildman–Crippen LogP) is 5.74. The molecule has 1 fully saturated rings. The highest BCUT2D eigenvalue weighted by atomic mass is 79.9. The maximum absolute atomic E-state index is 9.36. The maximum atomic E-state index is 9.36. The Balaban J connectivity index is 1.84. The molecule has 21 heavy (non-hydrogen) atoms. The molecule has 0 spiro atoms. The van der Waals surface area contributed by atoms with Gasteiger partial charge >= 0.3 is 0 Å². The molecule has 2 nitrogen and oxygen atoms in total. The van der Waals surface area contributed by atoms with Crippen LogP contribution in [0.2, 0.25) is 10.0 Å². The van der Waals surface area contributed by atoms with Gasteiger partial charge < -0.3 is 5.21 Å². The summed E-state index contributed by atoms with van der Waals surface area (Å²) in [5, 5.41) is 14.2. The van der Waals surface area contributed by atoms with E-state index in [2.05, 4.69) is 21.1 Å². The van der Waals surface area contributed by atoms with Gasteiger partial charge in [-0.2, -0.15) is 0 Å². The Kier molecular flexibility index (Phi) is 4.25. The third kappa shape index (κ3) is 3.10. The molecule has 108 valence electrons. The first-order valence-electron chi connectivity index (χ1n) is 6.53. The molecule has 2 atom stereocenters. The van der Waals surface area contributed by atoms with Gasteiger partial charge in [0.2, 0.25) is 0 Å². The lowest BCUT2D eigenvalue weighted by molar-refractivity contribution is 0.317. The van der Waals surface area contributed by atoms with E-state index in [1.54, 1.807) is 6.07 Å². The fourth-order valence-electron chi connectivity index (χ4n) is 2.61. The summed E-state index contributed by atoms with van der Waals surface area (Å²) in [6.07, 6.45) is 0.927. The number of rotatable bonds is 3. The number of hydrogen-bond acceptors (Lipinski definition) is 2. The van der Waals surface area contributed by atoms with Crippen molar-refractivity contribution >= 4 is 44.8 Å². The molecule has 3 rings (SSSR count). The number of oxime groups is 1. The summed E-state index contributed by atoms with van der Waals surface area (Å²) in [5.74, 6) is 0.471. The second-order valence-corrected chi connectivity index (χ2v) is 6.87. The molecule has 0 amide bonds. The van der Waals surface area contributed by atoms with E-state index in [0.717, 1.165) is 22.0 Å². The van der Waals surface area contributed by atoms with Gasteiger partial charge in [-0.1, -0.05) is 62.5 Å². The molecule has 0 bridgehead atoms. The van der Waals surface area contributed by atoms with Crippen LogP contribution in [0.4, 0.5) is 0 Å². The van der Waals surface area contributed by atoms with Gasteiger partial charge in [0.15, 0.2) is 0 Å². The minimum absolute atomic E-state index is 0.190. The first-order valence-corrected chi connectivity index (χ1v) is 8.08. The molecule has 1 aliphatic carbocycles. The molecule has 0 aromatic heterocycles. The fourth-order valence-corrected chi connectivity index (χ4v) is 3.42. The van der Waals surface area contributed by atoms with Crippen molar-refractivity contribution in [3.05, 3.63) is 68.1 Å². The van der Waals surface area contributed by atoms with Gasteiger partial charge in [0.05, 0.1) is 5.71 Å². The summed E-state index contributed by atoms with van der Waals surface area (Å²) in [5.41, 5.74) is 2.70. The van der Waals surface area contributed by atoms with Gasteiger partial charge in [0.1, 0.15) is 0 Å². The van der Waals surface area contributed by atoms with Crippen molar-refractivity contribution in [3.8, 4) is 0 Å². The zero-order valence-electron chi connectivity index (χ0n) is 10.9. The second-order valence-electron chi connectivity index (χ2n) is 5.11. The van der Waals surface area contributed by atoms with E-state index in [4.69, 9.17) is 23.2 Å². The average Bonchev–Trinajstić information content (AvgIpc) is 3.22. The van der Waals surface area contributed by atoms with E-state index in [0.29, 0.717) is 15.8 Å². The molecule has 0 aliphatic heterocycles. The number of benzene rings is 2. The standard InChI is InChI=1S/C16H12BrCl2NO/c17-10-3-1-9(2-4-10)16(20-21)14-8-13(14)12-6-5-11(18)7-15(12)19/h1-7,13-14,21H,8H2/t13-,14+/m0/s1. The monoisotopic (exact) mass is 383 g/mol. The third-order valence-electron chi connectivity index (χ3n) is 3.75. The summed E-state index contributed by atoms with van der Waals surface area (Å²) >= 11 is 15.6. The molecular formula is C16H12BrCl2NO. The van der Waals surface area contributed by atoms with Crippen molar-refractivity contribution in [2.45, 2.75) is 12.3 Å². The van der Waals surface area contributed by atoms with Gasteiger partial charge in [0, 0.05) is 20.4 Å². The third-order valence-corrected chi connectivity index (χ3v) is 4.84. The Labute approximate surface area is 141 Å². The van der Waals surface area contributed by atoms with Crippen LogP contribution in [-0.2, 0) is 0 Å². The first kappa shape index (κ1) is 14.9. The van der Waals surface area contributed by atoms with Crippen LogP contribution < -0.4 is 0 Å². The Bertz CT molecular complexity index is 700. The number of hydrogen-bond donors (Lipinski definition) is 1. The van der Waals surface area contributed by atoms with Crippen molar-refractivity contribution < 1.29 is 5.21 Å². The highest BCUT2D eigenvalue weighted by Gasteiger charge is 2.43. The highest BCUT2D eigenvalue weighted by molar-refractivity contribution is 9.10. The van der Waals surface area contributed by atoms with Crippen LogP contribution in [0.1, 0.15) is 23.5 Å². The van der Waals surface area contributed by atoms with Crippen LogP contribution in [0, 0.1) is 5.92 Å². The highest BCUT2D eigenvalue weighted by Crippen LogP contribution is 2.51. The van der Waals surface area contributed by atoms with Crippen LogP contribution in [-0.4, -0.2) is 10.9 Å². The lowest BCUT2D eigenvalue weighted by atomic mass is 10.0. The molecule has 1 N–H and O–H groups in total. The van der Waals surface area contributed by atoms with Gasteiger partial charge in [-0.05, 0) is 47.7 Å². The molecule has 1 aliphatic rings. The van der Waals surface area contributed by atoms with Crippen molar-refractivity contribution in [1.82, 2.24) is 0 Å². The summed E-state index contributed by atoms with van der Waals surface area (Å²) in [6.45, 7) is 0. The van der Waals surface area contributed by atoms with Crippen LogP contribution in [0.15, 0.2) is 52.1 Å². The predicted molar refractivity (Wildman–Crippen MR) is 89.8 cm³/mol. The molecule has 0 radical (unpaired) electrons. The Morgan fingerprint density at radius 2 is 1.86 bits per heavy atom. The quantitative estimate of drug-likeness (QED) is 0.408. The molecule has 2 aromatic carbocycles. The first-order chi connectivity index (χ1) is 10.1. The van der Waals surface area contributed by atoms with Crippen molar-refractivity contribution in [2.24, 2.45) is 11.1 Å². The van der Waals surface area contributed by atoms with E-state index in [1.165, 1.54) is 0 Å². The van der Waals surface area contributed by atoms with E-state index in [1.807, 2.05) is 36.4 Å². The molecule has 0 unspecified atom stereocenters. The zero-order chi connectivity index (χ0) is 15.0. The van der Waals surface area contributed by atoms with Crippen LogP contribution >= 0.6 is 39.1 Å². The number of halogens is 3. The smallest absolute Gasteiger partial charge is 0.0904 e. The van der Waals surface area contributed by atoms with Gasteiger partial charge in [-0.3, -0.25) is 0 Å². The van der Waals surface area contributed by atoms with Crippen LogP contribution in [0.3, 0.4) is 0 Å². The molecule has 2 aromatic rings. The maximum Gasteiger partial charge on any atom is 0.0904 e. The fraction of sp³-hybridized carbons (Fsp3) is 0.188. The minimum atomic E-state index is 0.190. The normalized spacial score (nSPS) is 21.4. The molecule has 5 heteroatoms. The Morgan fingerprint density at radius 3 is 2.48 bits per heavy atom. The topological polar surface area (TPSA) is 32.6 Å². The van der Waals surface area contributed by atoms with Crippen LogP contribution in [0.5, 0.6) is 0 Å². The second kappa shape index (κ2) is 5.99. The number of nitrogens with zero attached hydrogens (tertiary/aromatic N) is 1.